The zero-order chi connectivity index (χ0) is 15.0. The monoisotopic (exact) mass is 424 g/mol. The molecule has 1 heterocycles. The highest BCUT2D eigenvalue weighted by Crippen LogP contribution is 2.33. The van der Waals surface area contributed by atoms with Gasteiger partial charge in [-0.3, -0.25) is 9.89 Å². The fourth-order valence-corrected chi connectivity index (χ4v) is 3.56. The van der Waals surface area contributed by atoms with Crippen molar-refractivity contribution in [3.05, 3.63) is 0 Å². The molecule has 2 fully saturated rings. The topological polar surface area (TPSA) is 48.9 Å². The number of hydrogen-bond acceptors (Lipinski definition) is 3. The van der Waals surface area contributed by atoms with E-state index < -0.39 is 0 Å². The van der Waals surface area contributed by atoms with Gasteiger partial charge in [-0.1, -0.05) is 26.2 Å². The molecule has 0 aromatic carbocycles. The maximum absolute atomic E-state index is 5.54. The Hall–Kier alpha value is -0.0800. The van der Waals surface area contributed by atoms with Crippen molar-refractivity contribution in [3.63, 3.8) is 0 Å². The van der Waals surface area contributed by atoms with Gasteiger partial charge in [-0.05, 0) is 19.3 Å². The first-order valence-corrected chi connectivity index (χ1v) is 8.58. The minimum Gasteiger partial charge on any atom is -0.379 e. The highest BCUT2D eigenvalue weighted by atomic mass is 127. The van der Waals surface area contributed by atoms with Crippen LogP contribution in [0.2, 0.25) is 0 Å². The first-order chi connectivity index (χ1) is 10.3. The SMILES string of the molecule is CCCNC(=NC)NCC1(N2CCOCC2)CCCCC1.I. The second kappa shape index (κ2) is 10.6. The minimum absolute atomic E-state index is 0. The lowest BCUT2D eigenvalue weighted by atomic mass is 9.80. The highest BCUT2D eigenvalue weighted by Gasteiger charge is 2.38. The molecular weight excluding hydrogens is 391 g/mol. The Kier molecular flexibility index (Phi) is 9.66. The predicted octanol–water partition coefficient (Wildman–Crippen LogP) is 2.21. The maximum atomic E-state index is 5.54. The second-order valence-electron chi connectivity index (χ2n) is 6.24. The molecule has 2 N–H and O–H groups in total. The van der Waals surface area contributed by atoms with Crippen LogP contribution >= 0.6 is 24.0 Å². The van der Waals surface area contributed by atoms with Crippen LogP contribution in [0.1, 0.15) is 45.4 Å². The molecule has 2 rings (SSSR count). The van der Waals surface area contributed by atoms with E-state index in [1.807, 2.05) is 7.05 Å². The normalized spacial score (nSPS) is 22.7. The highest BCUT2D eigenvalue weighted by molar-refractivity contribution is 14.0. The van der Waals surface area contributed by atoms with Crippen LogP contribution in [-0.4, -0.2) is 62.8 Å². The smallest absolute Gasteiger partial charge is 0.191 e. The number of nitrogens with one attached hydrogen (secondary N) is 2. The summed E-state index contributed by atoms with van der Waals surface area (Å²) in [5, 5.41) is 6.94. The fourth-order valence-electron chi connectivity index (χ4n) is 3.56. The number of hydrogen-bond donors (Lipinski definition) is 2. The molecule has 0 amide bonds. The quantitative estimate of drug-likeness (QED) is 0.404. The Morgan fingerprint density at radius 1 is 1.14 bits per heavy atom. The number of ether oxygens (including phenoxy) is 1. The van der Waals surface area contributed by atoms with Gasteiger partial charge < -0.3 is 15.4 Å². The standard InChI is InChI=1S/C16H32N4O.HI/c1-3-9-18-15(17-2)19-14-16(7-5-4-6-8-16)20-10-12-21-13-11-20;/h3-14H2,1-2H3,(H2,17,18,19);1H. The molecule has 5 nitrogen and oxygen atoms in total. The van der Waals surface area contributed by atoms with E-state index in [1.54, 1.807) is 0 Å². The predicted molar refractivity (Wildman–Crippen MR) is 103 cm³/mol. The molecule has 0 aromatic heterocycles. The number of halogens is 1. The Morgan fingerprint density at radius 2 is 1.82 bits per heavy atom. The molecule has 1 saturated heterocycles. The van der Waals surface area contributed by atoms with Gasteiger partial charge in [0.2, 0.25) is 0 Å². The zero-order valence-electron chi connectivity index (χ0n) is 14.2. The molecule has 1 aliphatic heterocycles. The van der Waals surface area contributed by atoms with Gasteiger partial charge in [0, 0.05) is 38.8 Å². The van der Waals surface area contributed by atoms with E-state index >= 15 is 0 Å². The van der Waals surface area contributed by atoms with E-state index in [4.69, 9.17) is 4.74 Å². The van der Waals surface area contributed by atoms with Crippen LogP contribution in [0, 0.1) is 0 Å². The lowest BCUT2D eigenvalue weighted by Crippen LogP contribution is -2.60. The van der Waals surface area contributed by atoms with Gasteiger partial charge in [0.25, 0.3) is 0 Å². The van der Waals surface area contributed by atoms with Gasteiger partial charge in [-0.15, -0.1) is 24.0 Å². The number of nitrogens with zero attached hydrogens (tertiary/aromatic N) is 2. The third kappa shape index (κ3) is 5.53. The third-order valence-corrected chi connectivity index (χ3v) is 4.82. The summed E-state index contributed by atoms with van der Waals surface area (Å²) in [7, 11) is 1.85. The molecule has 130 valence electrons. The van der Waals surface area contributed by atoms with Crippen LogP contribution in [0.15, 0.2) is 4.99 Å². The van der Waals surface area contributed by atoms with Crippen molar-refractivity contribution in [2.75, 3.05) is 46.4 Å². The lowest BCUT2D eigenvalue weighted by molar-refractivity contribution is -0.0352. The Bertz CT molecular complexity index is 326. The second-order valence-corrected chi connectivity index (χ2v) is 6.24. The number of rotatable bonds is 5. The molecule has 1 aliphatic carbocycles. The number of guanidine groups is 1. The van der Waals surface area contributed by atoms with Gasteiger partial charge >= 0.3 is 0 Å². The van der Waals surface area contributed by atoms with Crippen molar-refractivity contribution in [2.45, 2.75) is 51.0 Å². The van der Waals surface area contributed by atoms with Gasteiger partial charge in [-0.25, -0.2) is 0 Å². The zero-order valence-corrected chi connectivity index (χ0v) is 16.5. The lowest BCUT2D eigenvalue weighted by Gasteiger charge is -2.48. The molecule has 0 aromatic rings. The molecular formula is C16H33IN4O. The summed E-state index contributed by atoms with van der Waals surface area (Å²) in [4.78, 5) is 7.00. The molecule has 2 aliphatic rings. The summed E-state index contributed by atoms with van der Waals surface area (Å²) in [5.41, 5.74) is 0.297. The molecule has 0 radical (unpaired) electrons. The maximum Gasteiger partial charge on any atom is 0.191 e. The average molecular weight is 424 g/mol. The van der Waals surface area contributed by atoms with Crippen LogP contribution in [-0.2, 0) is 4.74 Å². The summed E-state index contributed by atoms with van der Waals surface area (Å²) in [5.74, 6) is 0.940. The Morgan fingerprint density at radius 3 is 2.41 bits per heavy atom. The first kappa shape index (κ1) is 20.0. The van der Waals surface area contributed by atoms with Crippen molar-refractivity contribution < 1.29 is 4.74 Å². The molecule has 22 heavy (non-hydrogen) atoms. The molecule has 0 bridgehead atoms. The molecule has 0 unspecified atom stereocenters. The molecule has 0 atom stereocenters. The van der Waals surface area contributed by atoms with Crippen molar-refractivity contribution >= 4 is 29.9 Å². The summed E-state index contributed by atoms with van der Waals surface area (Å²) in [6.07, 6.45) is 7.79. The van der Waals surface area contributed by atoms with Crippen molar-refractivity contribution in [1.29, 1.82) is 0 Å². The number of aliphatic imine (C=N–C) groups is 1. The summed E-state index contributed by atoms with van der Waals surface area (Å²) >= 11 is 0. The van der Waals surface area contributed by atoms with Crippen molar-refractivity contribution in [3.8, 4) is 0 Å². The molecule has 0 spiro atoms. The first-order valence-electron chi connectivity index (χ1n) is 8.58. The largest absolute Gasteiger partial charge is 0.379 e. The molecule has 1 saturated carbocycles. The van der Waals surface area contributed by atoms with E-state index in [9.17, 15) is 0 Å². The third-order valence-electron chi connectivity index (χ3n) is 4.82. The van der Waals surface area contributed by atoms with Gasteiger partial charge in [-0.2, -0.15) is 0 Å². The summed E-state index contributed by atoms with van der Waals surface area (Å²) in [6.45, 7) is 8.05. The van der Waals surface area contributed by atoms with E-state index in [-0.39, 0.29) is 24.0 Å². The van der Waals surface area contributed by atoms with Crippen LogP contribution in [0.25, 0.3) is 0 Å². The van der Waals surface area contributed by atoms with Crippen LogP contribution in [0.4, 0.5) is 0 Å². The van der Waals surface area contributed by atoms with Crippen LogP contribution < -0.4 is 10.6 Å². The number of morpholine rings is 1. The summed E-state index contributed by atoms with van der Waals surface area (Å²) in [6, 6.07) is 0. The van der Waals surface area contributed by atoms with Crippen molar-refractivity contribution in [2.24, 2.45) is 4.99 Å². The minimum atomic E-state index is 0. The Balaban J connectivity index is 0.00000242. The van der Waals surface area contributed by atoms with E-state index in [1.165, 1.54) is 32.1 Å². The van der Waals surface area contributed by atoms with E-state index in [0.717, 1.165) is 51.8 Å². The molecule has 6 heteroatoms. The van der Waals surface area contributed by atoms with Gasteiger partial charge in [0.15, 0.2) is 5.96 Å². The Labute approximate surface area is 152 Å². The van der Waals surface area contributed by atoms with Crippen molar-refractivity contribution in [1.82, 2.24) is 15.5 Å². The summed E-state index contributed by atoms with van der Waals surface area (Å²) < 4.78 is 5.54. The van der Waals surface area contributed by atoms with Gasteiger partial charge in [0.1, 0.15) is 0 Å². The van der Waals surface area contributed by atoms with E-state index in [2.05, 4.69) is 27.4 Å². The fraction of sp³-hybridized carbons (Fsp3) is 0.938. The average Bonchev–Trinajstić information content (AvgIpc) is 2.57. The van der Waals surface area contributed by atoms with E-state index in [0.29, 0.717) is 5.54 Å². The van der Waals surface area contributed by atoms with Crippen LogP contribution in [0.5, 0.6) is 0 Å². The van der Waals surface area contributed by atoms with Gasteiger partial charge in [0.05, 0.1) is 13.2 Å². The van der Waals surface area contributed by atoms with Crippen LogP contribution in [0.3, 0.4) is 0 Å².